The molecule has 0 radical (unpaired) electrons. The molecule has 0 atom stereocenters. The van der Waals surface area contributed by atoms with Crippen molar-refractivity contribution < 1.29 is 16.8 Å². The fraction of sp³-hybridized carbons (Fsp3) is 0.368. The molecule has 1 saturated heterocycles. The first-order valence-electron chi connectivity index (χ1n) is 8.90. The van der Waals surface area contributed by atoms with E-state index in [1.54, 1.807) is 31.2 Å². The van der Waals surface area contributed by atoms with Gasteiger partial charge in [-0.1, -0.05) is 30.2 Å². The lowest BCUT2D eigenvalue weighted by molar-refractivity contribution is 0.346. The molecular formula is C19H24N2O4S2. The molecule has 1 heterocycles. The van der Waals surface area contributed by atoms with Crippen LogP contribution in [0.1, 0.15) is 30.4 Å². The quantitative estimate of drug-likeness (QED) is 0.823. The topological polar surface area (TPSA) is 83.5 Å². The summed E-state index contributed by atoms with van der Waals surface area (Å²) in [7, 11) is -7.43. The molecule has 27 heavy (non-hydrogen) atoms. The number of sulfonamides is 2. The highest BCUT2D eigenvalue weighted by Gasteiger charge is 2.28. The van der Waals surface area contributed by atoms with E-state index in [-0.39, 0.29) is 15.5 Å². The Kier molecular flexibility index (Phi) is 5.60. The van der Waals surface area contributed by atoms with Gasteiger partial charge in [0.15, 0.2) is 0 Å². The molecule has 2 aromatic carbocycles. The van der Waals surface area contributed by atoms with E-state index in [1.807, 2.05) is 6.92 Å². The Balaban J connectivity index is 1.92. The van der Waals surface area contributed by atoms with Crippen LogP contribution < -0.4 is 4.72 Å². The molecule has 0 aromatic heterocycles. The minimum Gasteiger partial charge on any atom is -0.280 e. The van der Waals surface area contributed by atoms with Crippen molar-refractivity contribution >= 4 is 25.7 Å². The number of aryl methyl sites for hydroxylation is 2. The average Bonchev–Trinajstić information content (AvgIpc) is 2.64. The number of nitrogens with one attached hydrogen (secondary N) is 1. The van der Waals surface area contributed by atoms with Gasteiger partial charge in [-0.05, 0) is 56.5 Å². The van der Waals surface area contributed by atoms with Crippen molar-refractivity contribution in [2.75, 3.05) is 17.8 Å². The summed E-state index contributed by atoms with van der Waals surface area (Å²) in [6.07, 6.45) is 2.72. The van der Waals surface area contributed by atoms with Crippen LogP contribution in [0.15, 0.2) is 52.3 Å². The van der Waals surface area contributed by atoms with Crippen molar-refractivity contribution in [3.05, 3.63) is 53.6 Å². The second-order valence-electron chi connectivity index (χ2n) is 6.86. The number of hydrogen-bond donors (Lipinski definition) is 1. The minimum absolute atomic E-state index is 0.133. The summed E-state index contributed by atoms with van der Waals surface area (Å²) in [5.41, 5.74) is 1.79. The lowest BCUT2D eigenvalue weighted by atomic mass is 10.2. The van der Waals surface area contributed by atoms with Gasteiger partial charge in [0.05, 0.1) is 15.5 Å². The van der Waals surface area contributed by atoms with Crippen molar-refractivity contribution in [2.24, 2.45) is 0 Å². The molecule has 1 aliphatic rings. The van der Waals surface area contributed by atoms with Gasteiger partial charge in [0.25, 0.3) is 10.0 Å². The summed E-state index contributed by atoms with van der Waals surface area (Å²) < 4.78 is 55.1. The maximum atomic E-state index is 13.0. The number of hydrogen-bond acceptors (Lipinski definition) is 4. The Morgan fingerprint density at radius 1 is 0.852 bits per heavy atom. The second-order valence-corrected chi connectivity index (χ2v) is 10.5. The fourth-order valence-electron chi connectivity index (χ4n) is 3.12. The lowest BCUT2D eigenvalue weighted by Gasteiger charge is -2.26. The van der Waals surface area contributed by atoms with Crippen LogP contribution >= 0.6 is 0 Å². The molecular weight excluding hydrogens is 384 g/mol. The monoisotopic (exact) mass is 408 g/mol. The van der Waals surface area contributed by atoms with E-state index in [0.717, 1.165) is 24.8 Å². The molecule has 0 saturated carbocycles. The van der Waals surface area contributed by atoms with Gasteiger partial charge in [0.1, 0.15) is 0 Å². The molecule has 0 aliphatic carbocycles. The van der Waals surface area contributed by atoms with E-state index >= 15 is 0 Å². The number of anilines is 1. The molecule has 0 spiro atoms. The van der Waals surface area contributed by atoms with E-state index in [9.17, 15) is 16.8 Å². The van der Waals surface area contributed by atoms with E-state index in [4.69, 9.17) is 0 Å². The van der Waals surface area contributed by atoms with E-state index in [2.05, 4.69) is 4.72 Å². The van der Waals surface area contributed by atoms with Crippen molar-refractivity contribution in [3.8, 4) is 0 Å². The van der Waals surface area contributed by atoms with Gasteiger partial charge in [-0.15, -0.1) is 0 Å². The molecule has 0 bridgehead atoms. The Bertz CT molecular complexity index is 1020. The third-order valence-electron chi connectivity index (χ3n) is 4.70. The minimum atomic E-state index is -3.79. The third kappa shape index (κ3) is 4.34. The van der Waals surface area contributed by atoms with Crippen LogP contribution in [0.3, 0.4) is 0 Å². The highest BCUT2D eigenvalue weighted by atomic mass is 32.2. The van der Waals surface area contributed by atoms with Crippen LogP contribution in [0.25, 0.3) is 0 Å². The van der Waals surface area contributed by atoms with Crippen molar-refractivity contribution in [2.45, 2.75) is 42.9 Å². The lowest BCUT2D eigenvalue weighted by Crippen LogP contribution is -2.36. The zero-order valence-corrected chi connectivity index (χ0v) is 17.1. The summed E-state index contributed by atoms with van der Waals surface area (Å²) in [4.78, 5) is 0.280. The number of benzene rings is 2. The molecule has 6 nitrogen and oxygen atoms in total. The standard InChI is InChI=1S/C19H24N2O4S2/c1-15-6-10-18(11-7-15)26(22,23)20-17-9-8-16(2)19(14-17)27(24,25)21-12-4-3-5-13-21/h6-11,14,20H,3-5,12-13H2,1-2H3. The van der Waals surface area contributed by atoms with Crippen LogP contribution in [0.4, 0.5) is 5.69 Å². The molecule has 146 valence electrons. The van der Waals surface area contributed by atoms with Gasteiger partial charge in [-0.25, -0.2) is 16.8 Å². The van der Waals surface area contributed by atoms with Gasteiger partial charge in [-0.3, -0.25) is 4.72 Å². The Morgan fingerprint density at radius 3 is 2.11 bits per heavy atom. The fourth-order valence-corrected chi connectivity index (χ4v) is 5.93. The summed E-state index contributed by atoms with van der Waals surface area (Å²) >= 11 is 0. The first kappa shape index (κ1) is 19.9. The average molecular weight is 409 g/mol. The number of nitrogens with zero attached hydrogens (tertiary/aromatic N) is 1. The Morgan fingerprint density at radius 2 is 1.48 bits per heavy atom. The van der Waals surface area contributed by atoms with Crippen LogP contribution in [0.2, 0.25) is 0 Å². The number of rotatable bonds is 5. The van der Waals surface area contributed by atoms with Gasteiger partial charge in [0.2, 0.25) is 10.0 Å². The van der Waals surface area contributed by atoms with Crippen molar-refractivity contribution in [3.63, 3.8) is 0 Å². The predicted molar refractivity (Wildman–Crippen MR) is 106 cm³/mol. The number of piperidine rings is 1. The normalized spacial score (nSPS) is 16.2. The first-order chi connectivity index (χ1) is 12.7. The predicted octanol–water partition coefficient (Wildman–Crippen LogP) is 3.28. The molecule has 2 aromatic rings. The molecule has 0 amide bonds. The summed E-state index contributed by atoms with van der Waals surface area (Å²) in [5.74, 6) is 0. The van der Waals surface area contributed by atoms with Gasteiger partial charge in [0, 0.05) is 13.1 Å². The molecule has 8 heteroatoms. The Hall–Kier alpha value is -1.90. The zero-order valence-electron chi connectivity index (χ0n) is 15.5. The van der Waals surface area contributed by atoms with Crippen LogP contribution in [-0.4, -0.2) is 34.2 Å². The first-order valence-corrected chi connectivity index (χ1v) is 11.8. The van der Waals surface area contributed by atoms with Gasteiger partial charge in [-0.2, -0.15) is 4.31 Å². The van der Waals surface area contributed by atoms with E-state index in [0.29, 0.717) is 18.7 Å². The smallest absolute Gasteiger partial charge is 0.261 e. The molecule has 1 fully saturated rings. The largest absolute Gasteiger partial charge is 0.280 e. The van der Waals surface area contributed by atoms with Crippen molar-refractivity contribution in [1.82, 2.24) is 4.31 Å². The molecule has 0 unspecified atom stereocenters. The van der Waals surface area contributed by atoms with Crippen molar-refractivity contribution in [1.29, 1.82) is 0 Å². The zero-order chi connectivity index (χ0) is 19.7. The highest BCUT2D eigenvalue weighted by Crippen LogP contribution is 2.27. The van der Waals surface area contributed by atoms with Gasteiger partial charge < -0.3 is 0 Å². The van der Waals surface area contributed by atoms with Gasteiger partial charge >= 0.3 is 0 Å². The molecule has 1 aliphatic heterocycles. The maximum Gasteiger partial charge on any atom is 0.261 e. The molecule has 3 rings (SSSR count). The Labute approximate surface area is 161 Å². The summed E-state index contributed by atoms with van der Waals surface area (Å²) in [6, 6.07) is 11.1. The van der Waals surface area contributed by atoms with Crippen LogP contribution in [0, 0.1) is 13.8 Å². The second kappa shape index (κ2) is 7.61. The third-order valence-corrected chi connectivity index (χ3v) is 8.14. The maximum absolute atomic E-state index is 13.0. The van der Waals surface area contributed by atoms with Crippen LogP contribution in [-0.2, 0) is 20.0 Å². The summed E-state index contributed by atoms with van der Waals surface area (Å²) in [5, 5.41) is 0. The molecule has 1 N–H and O–H groups in total. The van der Waals surface area contributed by atoms with Crippen LogP contribution in [0.5, 0.6) is 0 Å². The van der Waals surface area contributed by atoms with E-state index < -0.39 is 20.0 Å². The summed E-state index contributed by atoms with van der Waals surface area (Å²) in [6.45, 7) is 4.60. The highest BCUT2D eigenvalue weighted by molar-refractivity contribution is 7.92. The SMILES string of the molecule is Cc1ccc(S(=O)(=O)Nc2ccc(C)c(S(=O)(=O)N3CCCCC3)c2)cc1. The van der Waals surface area contributed by atoms with E-state index in [1.165, 1.54) is 22.5 Å².